The molecular formula is C70H135NO9. The molecule has 2 amide bonds. The number of amides is 2. The molecule has 0 aromatic rings. The van der Waals surface area contributed by atoms with Crippen molar-refractivity contribution in [1.82, 2.24) is 4.90 Å². The summed E-state index contributed by atoms with van der Waals surface area (Å²) in [6.07, 6.45) is 60.4. The van der Waals surface area contributed by atoms with E-state index in [1.54, 1.807) is 6.08 Å². The molecule has 0 aromatic carbocycles. The Labute approximate surface area is 495 Å². The lowest BCUT2D eigenvalue weighted by Crippen LogP contribution is -2.60. The van der Waals surface area contributed by atoms with Gasteiger partial charge in [0.05, 0.1) is 25.4 Å². The average Bonchev–Trinajstić information content (AvgIpc) is 3.50. The lowest BCUT2D eigenvalue weighted by Gasteiger charge is -2.41. The van der Waals surface area contributed by atoms with E-state index in [2.05, 4.69) is 20.8 Å². The molecule has 0 bridgehead atoms. The number of imide groups is 1. The maximum absolute atomic E-state index is 14.4. The Balaban J connectivity index is 2.76. The summed E-state index contributed by atoms with van der Waals surface area (Å²) in [6.45, 7) is 5.84. The highest BCUT2D eigenvalue weighted by Gasteiger charge is 2.45. The number of aliphatic hydroxyl groups excluding tert-OH is 5. The molecule has 1 rings (SSSR count). The molecule has 7 atom stereocenters. The van der Waals surface area contributed by atoms with Crippen LogP contribution in [0.15, 0.2) is 12.2 Å². The maximum Gasteiger partial charge on any atom is 0.229 e. The first-order chi connectivity index (χ1) is 39.2. The van der Waals surface area contributed by atoms with E-state index in [-0.39, 0.29) is 31.3 Å². The summed E-state index contributed by atoms with van der Waals surface area (Å²) in [4.78, 5) is 29.9. The van der Waals surface area contributed by atoms with Crippen LogP contribution in [0.3, 0.4) is 0 Å². The minimum atomic E-state index is -1.65. The summed E-state index contributed by atoms with van der Waals surface area (Å²) in [5.41, 5.74) is 0. The Kier molecular flexibility index (Phi) is 55.5. The number of carbonyl (C=O) groups is 2. The van der Waals surface area contributed by atoms with Crippen molar-refractivity contribution >= 4 is 11.8 Å². The monoisotopic (exact) mass is 1130 g/mol. The second kappa shape index (κ2) is 58.0. The van der Waals surface area contributed by atoms with Crippen molar-refractivity contribution in [2.24, 2.45) is 0 Å². The van der Waals surface area contributed by atoms with Crippen molar-refractivity contribution in [3.05, 3.63) is 12.2 Å². The molecular weight excluding hydrogens is 999 g/mol. The van der Waals surface area contributed by atoms with Crippen molar-refractivity contribution in [2.45, 2.75) is 410 Å². The molecule has 5 N–H and O–H groups in total. The van der Waals surface area contributed by atoms with Gasteiger partial charge in [0.2, 0.25) is 11.8 Å². The van der Waals surface area contributed by atoms with Gasteiger partial charge in [0, 0.05) is 12.8 Å². The van der Waals surface area contributed by atoms with Gasteiger partial charge in [-0.2, -0.15) is 0 Å². The van der Waals surface area contributed by atoms with Crippen LogP contribution in [0.25, 0.3) is 0 Å². The van der Waals surface area contributed by atoms with E-state index in [1.165, 1.54) is 268 Å². The first kappa shape index (κ1) is 76.6. The second-order valence-corrected chi connectivity index (χ2v) is 24.9. The minimum absolute atomic E-state index is 0.176. The third kappa shape index (κ3) is 43.3. The zero-order valence-corrected chi connectivity index (χ0v) is 53.1. The second-order valence-electron chi connectivity index (χ2n) is 24.9. The summed E-state index contributed by atoms with van der Waals surface area (Å²) < 4.78 is 11.7. The molecule has 0 radical (unpaired) electrons. The zero-order chi connectivity index (χ0) is 58.2. The zero-order valence-electron chi connectivity index (χ0n) is 53.1. The molecule has 80 heavy (non-hydrogen) atoms. The Morgan fingerprint density at radius 2 is 0.688 bits per heavy atom. The molecule has 1 heterocycles. The van der Waals surface area contributed by atoms with Crippen LogP contribution < -0.4 is 0 Å². The predicted octanol–water partition coefficient (Wildman–Crippen LogP) is 18.6. The van der Waals surface area contributed by atoms with Crippen LogP contribution in [0, 0.1) is 0 Å². The van der Waals surface area contributed by atoms with Crippen molar-refractivity contribution in [1.29, 1.82) is 0 Å². The Hall–Kier alpha value is -1.40. The number of ether oxygens (including phenoxy) is 2. The SMILES string of the molecule is CCCCCCCCCCCCCCCCC/C=C/C(O)C(CO[C@@H]1O[C@H](CO)[C@H](O)[C@H](O)[C@H]1O)N(C(=O)CCCCCCCCCCCCCCC)C(=O)CCCCCCCCCCCCCCCCCCCCCCCCC. The van der Waals surface area contributed by atoms with Gasteiger partial charge < -0.3 is 35.0 Å². The summed E-state index contributed by atoms with van der Waals surface area (Å²) in [5.74, 6) is -0.685. The van der Waals surface area contributed by atoms with Crippen molar-refractivity contribution < 1.29 is 44.6 Å². The fraction of sp³-hybridized carbons (Fsp3) is 0.943. The molecule has 0 spiro atoms. The van der Waals surface area contributed by atoms with Crippen LogP contribution in [-0.4, -0.2) is 98.3 Å². The fourth-order valence-electron chi connectivity index (χ4n) is 11.8. The lowest BCUT2D eigenvalue weighted by atomic mass is 9.99. The minimum Gasteiger partial charge on any atom is -0.394 e. The highest BCUT2D eigenvalue weighted by atomic mass is 16.7. The standard InChI is InChI=1S/C70H135NO9/c1-4-7-10-13-16-19-22-25-27-29-30-31-32-33-34-36-38-41-44-47-50-53-56-59-66(75)71(65(74)58-55-52-49-46-43-39-24-21-18-15-12-9-6-3)62(61-79-70-69(78)68(77)67(76)64(60-72)80-70)63(73)57-54-51-48-45-42-40-37-35-28-26-23-20-17-14-11-8-5-2/h54,57,62-64,67-70,72-73,76-78H,4-53,55-56,58-61H2,1-3H3/b57-54+/t62?,63?,64-,67+,68+,69-,70-/m1/s1. The van der Waals surface area contributed by atoms with Crippen LogP contribution in [0.5, 0.6) is 0 Å². The third-order valence-electron chi connectivity index (χ3n) is 17.3. The lowest BCUT2D eigenvalue weighted by molar-refractivity contribution is -0.303. The number of hydrogen-bond donors (Lipinski definition) is 5. The molecule has 474 valence electrons. The molecule has 10 heteroatoms. The molecule has 2 unspecified atom stereocenters. The topological polar surface area (TPSA) is 157 Å². The van der Waals surface area contributed by atoms with Crippen molar-refractivity contribution in [3.8, 4) is 0 Å². The number of rotatable bonds is 61. The number of hydrogen-bond acceptors (Lipinski definition) is 9. The molecule has 1 aliphatic heterocycles. The molecule has 0 saturated carbocycles. The van der Waals surface area contributed by atoms with E-state index in [0.29, 0.717) is 12.8 Å². The molecule has 0 aliphatic carbocycles. The highest BCUT2D eigenvalue weighted by Crippen LogP contribution is 2.25. The number of carbonyl (C=O) groups excluding carboxylic acids is 2. The maximum atomic E-state index is 14.4. The van der Waals surface area contributed by atoms with E-state index in [1.807, 2.05) is 6.08 Å². The average molecular weight is 1130 g/mol. The van der Waals surface area contributed by atoms with E-state index < -0.39 is 49.5 Å². The van der Waals surface area contributed by atoms with Gasteiger partial charge in [-0.3, -0.25) is 14.5 Å². The van der Waals surface area contributed by atoms with E-state index in [0.717, 1.165) is 57.8 Å². The van der Waals surface area contributed by atoms with Crippen LogP contribution in [-0.2, 0) is 19.1 Å². The molecule has 0 aromatic heterocycles. The predicted molar refractivity (Wildman–Crippen MR) is 337 cm³/mol. The molecule has 1 fully saturated rings. The normalized spacial score (nSPS) is 18.4. The number of unbranched alkanes of at least 4 members (excludes halogenated alkanes) is 49. The van der Waals surface area contributed by atoms with Gasteiger partial charge in [-0.25, -0.2) is 0 Å². The molecule has 10 nitrogen and oxygen atoms in total. The summed E-state index contributed by atoms with van der Waals surface area (Å²) >= 11 is 0. The Morgan fingerprint density at radius 3 is 0.975 bits per heavy atom. The summed E-state index contributed by atoms with van der Waals surface area (Å²) in [6, 6.07) is -1.11. The van der Waals surface area contributed by atoms with Crippen LogP contribution in [0.4, 0.5) is 0 Å². The van der Waals surface area contributed by atoms with Crippen LogP contribution in [0.2, 0.25) is 0 Å². The number of aliphatic hydroxyl groups is 5. The van der Waals surface area contributed by atoms with Gasteiger partial charge >= 0.3 is 0 Å². The quantitative estimate of drug-likeness (QED) is 0.0295. The van der Waals surface area contributed by atoms with Crippen LogP contribution in [0.1, 0.15) is 367 Å². The summed E-state index contributed by atoms with van der Waals surface area (Å²) in [5, 5.41) is 53.6. The van der Waals surface area contributed by atoms with E-state index in [4.69, 9.17) is 9.47 Å². The largest absolute Gasteiger partial charge is 0.394 e. The van der Waals surface area contributed by atoms with Gasteiger partial charge in [0.15, 0.2) is 6.29 Å². The summed E-state index contributed by atoms with van der Waals surface area (Å²) in [7, 11) is 0. The number of nitrogens with zero attached hydrogens (tertiary/aromatic N) is 1. The Morgan fingerprint density at radius 1 is 0.412 bits per heavy atom. The van der Waals surface area contributed by atoms with E-state index >= 15 is 0 Å². The van der Waals surface area contributed by atoms with Crippen molar-refractivity contribution in [3.63, 3.8) is 0 Å². The van der Waals surface area contributed by atoms with E-state index in [9.17, 15) is 35.1 Å². The molecule has 1 saturated heterocycles. The van der Waals surface area contributed by atoms with Gasteiger partial charge in [-0.05, 0) is 25.7 Å². The first-order valence-electron chi connectivity index (χ1n) is 35.3. The Bertz CT molecular complexity index is 1350. The highest BCUT2D eigenvalue weighted by molar-refractivity contribution is 5.95. The third-order valence-corrected chi connectivity index (χ3v) is 17.3. The fourth-order valence-corrected chi connectivity index (χ4v) is 11.8. The smallest absolute Gasteiger partial charge is 0.229 e. The van der Waals surface area contributed by atoms with Gasteiger partial charge in [-0.1, -0.05) is 341 Å². The van der Waals surface area contributed by atoms with Crippen molar-refractivity contribution in [2.75, 3.05) is 13.2 Å². The van der Waals surface area contributed by atoms with Crippen LogP contribution >= 0.6 is 0 Å². The molecule has 1 aliphatic rings. The van der Waals surface area contributed by atoms with Gasteiger partial charge in [0.25, 0.3) is 0 Å². The first-order valence-corrected chi connectivity index (χ1v) is 35.3. The van der Waals surface area contributed by atoms with Gasteiger partial charge in [-0.15, -0.1) is 0 Å². The number of allylic oxidation sites excluding steroid dienone is 1. The van der Waals surface area contributed by atoms with Gasteiger partial charge in [0.1, 0.15) is 24.4 Å².